The van der Waals surface area contributed by atoms with Crippen molar-refractivity contribution < 1.29 is 0 Å². The molecule has 0 amide bonds. The molecule has 0 unspecified atom stereocenters. The van der Waals surface area contributed by atoms with Gasteiger partial charge < -0.3 is 15.6 Å². The van der Waals surface area contributed by atoms with Crippen molar-refractivity contribution in [2.45, 2.75) is 55.6 Å². The van der Waals surface area contributed by atoms with Crippen LogP contribution in [0.3, 0.4) is 0 Å². The lowest BCUT2D eigenvalue weighted by atomic mass is 9.87. The Morgan fingerprint density at radius 2 is 2.05 bits per heavy atom. The lowest BCUT2D eigenvalue weighted by molar-refractivity contribution is 0.349. The maximum atomic E-state index is 6.08. The molecule has 2 atom stereocenters. The Balaban J connectivity index is 1.57. The molecule has 1 aliphatic heterocycles. The number of thioether (sulfide) groups is 1. The van der Waals surface area contributed by atoms with Crippen molar-refractivity contribution in [3.05, 3.63) is 5.82 Å². The van der Waals surface area contributed by atoms with Crippen LogP contribution < -0.4 is 11.1 Å². The predicted octanol–water partition coefficient (Wildman–Crippen LogP) is 1.89. The van der Waals surface area contributed by atoms with Crippen molar-refractivity contribution in [1.82, 2.24) is 20.1 Å². The fraction of sp³-hybridized carbons (Fsp3) is 0.867. The number of rotatable bonds is 4. The summed E-state index contributed by atoms with van der Waals surface area (Å²) in [5.41, 5.74) is 6.08. The van der Waals surface area contributed by atoms with E-state index in [0.717, 1.165) is 29.9 Å². The van der Waals surface area contributed by atoms with Gasteiger partial charge in [-0.05, 0) is 51.1 Å². The van der Waals surface area contributed by atoms with E-state index in [0.29, 0.717) is 12.0 Å². The molecule has 1 aromatic rings. The van der Waals surface area contributed by atoms with Gasteiger partial charge in [0, 0.05) is 24.8 Å². The fourth-order valence-electron chi connectivity index (χ4n) is 3.56. The zero-order valence-electron chi connectivity index (χ0n) is 12.9. The molecule has 118 valence electrons. The van der Waals surface area contributed by atoms with Crippen LogP contribution in [0, 0.1) is 5.92 Å². The number of aromatic nitrogens is 3. The van der Waals surface area contributed by atoms with Gasteiger partial charge in [0.25, 0.3) is 0 Å². The molecular weight excluding hydrogens is 282 g/mol. The highest BCUT2D eigenvalue weighted by atomic mass is 32.2. The number of nitrogens with one attached hydrogen (secondary N) is 1. The fourth-order valence-corrected chi connectivity index (χ4v) is 4.64. The third-order valence-corrected chi connectivity index (χ3v) is 6.10. The molecule has 2 fully saturated rings. The Kier molecular flexibility index (Phi) is 5.19. The number of nitrogens with zero attached hydrogens (tertiary/aromatic N) is 3. The minimum Gasteiger partial charge on any atom is -0.328 e. The third kappa shape index (κ3) is 3.79. The highest BCUT2D eigenvalue weighted by Gasteiger charge is 2.23. The van der Waals surface area contributed by atoms with E-state index in [2.05, 4.69) is 27.1 Å². The first-order chi connectivity index (χ1) is 10.2. The van der Waals surface area contributed by atoms with E-state index in [1.165, 1.54) is 44.3 Å². The second-order valence-corrected chi connectivity index (χ2v) is 7.51. The number of nitrogens with two attached hydrogens (primary N) is 1. The van der Waals surface area contributed by atoms with Gasteiger partial charge in [-0.25, -0.2) is 0 Å². The SMILES string of the molecule is Cn1c(SC[C@@H]2CCC[C@H](N)C2)nnc1C1CCNCC1. The van der Waals surface area contributed by atoms with Crippen LogP contribution in [-0.4, -0.2) is 39.6 Å². The maximum absolute atomic E-state index is 6.08. The van der Waals surface area contributed by atoms with Crippen molar-refractivity contribution in [1.29, 1.82) is 0 Å². The largest absolute Gasteiger partial charge is 0.328 e. The molecule has 0 radical (unpaired) electrons. The van der Waals surface area contributed by atoms with Crippen LogP contribution in [0.5, 0.6) is 0 Å². The van der Waals surface area contributed by atoms with Crippen LogP contribution in [0.4, 0.5) is 0 Å². The Hall–Kier alpha value is -0.590. The van der Waals surface area contributed by atoms with Crippen LogP contribution in [-0.2, 0) is 7.05 Å². The van der Waals surface area contributed by atoms with Gasteiger partial charge in [-0.1, -0.05) is 18.2 Å². The molecule has 2 heterocycles. The molecular formula is C15H27N5S. The molecule has 1 aliphatic carbocycles. The molecule has 0 spiro atoms. The summed E-state index contributed by atoms with van der Waals surface area (Å²) in [7, 11) is 2.12. The average Bonchev–Trinajstić information content (AvgIpc) is 2.87. The first-order valence-corrected chi connectivity index (χ1v) is 9.21. The van der Waals surface area contributed by atoms with Crippen molar-refractivity contribution in [2.24, 2.45) is 18.7 Å². The van der Waals surface area contributed by atoms with E-state index in [9.17, 15) is 0 Å². The first kappa shape index (κ1) is 15.3. The molecule has 2 aliphatic rings. The zero-order chi connectivity index (χ0) is 14.7. The van der Waals surface area contributed by atoms with Gasteiger partial charge in [0.1, 0.15) is 5.82 Å². The molecule has 5 nitrogen and oxygen atoms in total. The summed E-state index contributed by atoms with van der Waals surface area (Å²) in [6, 6.07) is 0.411. The quantitative estimate of drug-likeness (QED) is 0.831. The van der Waals surface area contributed by atoms with Crippen molar-refractivity contribution in [3.63, 3.8) is 0 Å². The van der Waals surface area contributed by atoms with E-state index in [1.54, 1.807) is 0 Å². The average molecular weight is 309 g/mol. The van der Waals surface area contributed by atoms with E-state index in [4.69, 9.17) is 5.73 Å². The summed E-state index contributed by atoms with van der Waals surface area (Å²) in [5, 5.41) is 13.4. The Labute approximate surface area is 131 Å². The van der Waals surface area contributed by atoms with Gasteiger partial charge in [-0.2, -0.15) is 0 Å². The number of hydrogen-bond donors (Lipinski definition) is 2. The second kappa shape index (κ2) is 7.11. The minimum atomic E-state index is 0.411. The molecule has 3 N–H and O–H groups in total. The van der Waals surface area contributed by atoms with Gasteiger partial charge in [-0.3, -0.25) is 0 Å². The third-order valence-electron chi connectivity index (χ3n) is 4.84. The normalized spacial score (nSPS) is 27.9. The molecule has 6 heteroatoms. The molecule has 3 rings (SSSR count). The standard InChI is InChI=1S/C15H27N5S/c1-20-14(12-5-7-17-8-6-12)18-19-15(20)21-10-11-3-2-4-13(16)9-11/h11-13,17H,2-10,16H2,1H3/t11-,13+/m1/s1. The Bertz CT molecular complexity index is 455. The smallest absolute Gasteiger partial charge is 0.190 e. The van der Waals surface area contributed by atoms with Gasteiger partial charge in [0.15, 0.2) is 5.16 Å². The lowest BCUT2D eigenvalue weighted by Crippen LogP contribution is -2.28. The van der Waals surface area contributed by atoms with Crippen LogP contribution in [0.25, 0.3) is 0 Å². The lowest BCUT2D eigenvalue weighted by Gasteiger charge is -2.26. The van der Waals surface area contributed by atoms with Crippen LogP contribution >= 0.6 is 11.8 Å². The van der Waals surface area contributed by atoms with Crippen molar-refractivity contribution in [2.75, 3.05) is 18.8 Å². The molecule has 0 bridgehead atoms. The van der Waals surface area contributed by atoms with Gasteiger partial charge >= 0.3 is 0 Å². The Morgan fingerprint density at radius 1 is 1.24 bits per heavy atom. The summed E-state index contributed by atoms with van der Waals surface area (Å²) in [6.07, 6.45) is 7.32. The summed E-state index contributed by atoms with van der Waals surface area (Å²) in [6.45, 7) is 2.19. The van der Waals surface area contributed by atoms with E-state index < -0.39 is 0 Å². The van der Waals surface area contributed by atoms with E-state index >= 15 is 0 Å². The second-order valence-electron chi connectivity index (χ2n) is 6.53. The first-order valence-electron chi connectivity index (χ1n) is 8.22. The van der Waals surface area contributed by atoms with E-state index in [-0.39, 0.29) is 0 Å². The monoisotopic (exact) mass is 309 g/mol. The van der Waals surface area contributed by atoms with Crippen molar-refractivity contribution >= 4 is 11.8 Å². The molecule has 1 saturated heterocycles. The molecule has 0 aromatic carbocycles. The van der Waals surface area contributed by atoms with Crippen LogP contribution in [0.1, 0.15) is 50.3 Å². The van der Waals surface area contributed by atoms with Gasteiger partial charge in [0.2, 0.25) is 0 Å². The summed E-state index contributed by atoms with van der Waals surface area (Å²) in [4.78, 5) is 0. The highest BCUT2D eigenvalue weighted by Crippen LogP contribution is 2.30. The molecule has 1 aromatic heterocycles. The van der Waals surface area contributed by atoms with Crippen LogP contribution in [0.2, 0.25) is 0 Å². The van der Waals surface area contributed by atoms with Crippen LogP contribution in [0.15, 0.2) is 5.16 Å². The number of hydrogen-bond acceptors (Lipinski definition) is 5. The summed E-state index contributed by atoms with van der Waals surface area (Å²) in [5.74, 6) is 3.62. The molecule has 21 heavy (non-hydrogen) atoms. The predicted molar refractivity (Wildman–Crippen MR) is 86.5 cm³/mol. The maximum Gasteiger partial charge on any atom is 0.190 e. The zero-order valence-corrected chi connectivity index (χ0v) is 13.7. The summed E-state index contributed by atoms with van der Waals surface area (Å²) >= 11 is 1.86. The van der Waals surface area contributed by atoms with Gasteiger partial charge in [0.05, 0.1) is 0 Å². The van der Waals surface area contributed by atoms with E-state index in [1.807, 2.05) is 11.8 Å². The highest BCUT2D eigenvalue weighted by molar-refractivity contribution is 7.99. The summed E-state index contributed by atoms with van der Waals surface area (Å²) < 4.78 is 2.21. The molecule has 1 saturated carbocycles. The minimum absolute atomic E-state index is 0.411. The Morgan fingerprint density at radius 3 is 2.81 bits per heavy atom. The van der Waals surface area contributed by atoms with Crippen molar-refractivity contribution in [3.8, 4) is 0 Å². The topological polar surface area (TPSA) is 68.8 Å². The van der Waals surface area contributed by atoms with Gasteiger partial charge in [-0.15, -0.1) is 10.2 Å². The number of piperidine rings is 1.